The number of nitrogens with zero attached hydrogens (tertiary/aromatic N) is 3. The van der Waals surface area contributed by atoms with Gasteiger partial charge in [-0.2, -0.15) is 0 Å². The first-order valence-corrected chi connectivity index (χ1v) is 7.38. The van der Waals surface area contributed by atoms with Crippen molar-refractivity contribution in [2.45, 2.75) is 13.8 Å². The Bertz CT molecular complexity index is 673. The number of thiophene rings is 1. The van der Waals surface area contributed by atoms with Crippen molar-refractivity contribution in [1.82, 2.24) is 15.0 Å². The Morgan fingerprint density at radius 2 is 2.22 bits per heavy atom. The van der Waals surface area contributed by atoms with E-state index < -0.39 is 0 Å². The third-order valence-electron chi connectivity index (χ3n) is 2.51. The van der Waals surface area contributed by atoms with E-state index in [0.717, 1.165) is 33.3 Å². The van der Waals surface area contributed by atoms with E-state index in [-0.39, 0.29) is 0 Å². The minimum Gasteiger partial charge on any atom is -0.370 e. The maximum atomic E-state index is 4.62. The number of hydrogen-bond acceptors (Lipinski definition) is 6. The number of rotatable bonds is 3. The third-order valence-corrected chi connectivity index (χ3v) is 4.23. The molecule has 18 heavy (non-hydrogen) atoms. The van der Waals surface area contributed by atoms with Gasteiger partial charge < -0.3 is 5.32 Å². The Morgan fingerprint density at radius 1 is 1.33 bits per heavy atom. The number of fused-ring (bicyclic) bond motifs is 1. The first-order chi connectivity index (χ1) is 8.78. The second-order valence-electron chi connectivity index (χ2n) is 3.87. The van der Waals surface area contributed by atoms with Crippen molar-refractivity contribution in [3.63, 3.8) is 0 Å². The molecule has 0 saturated carbocycles. The normalized spacial score (nSPS) is 11.0. The summed E-state index contributed by atoms with van der Waals surface area (Å²) >= 11 is 3.26. The highest BCUT2D eigenvalue weighted by Gasteiger charge is 2.12. The highest BCUT2D eigenvalue weighted by molar-refractivity contribution is 7.18. The summed E-state index contributed by atoms with van der Waals surface area (Å²) in [6.45, 7) is 5.01. The predicted octanol–water partition coefficient (Wildman–Crippen LogP) is 3.56. The van der Waals surface area contributed by atoms with Crippen molar-refractivity contribution in [3.8, 4) is 10.7 Å². The van der Waals surface area contributed by atoms with Crippen LogP contribution in [0.3, 0.4) is 0 Å². The number of hydrogen-bond donors (Lipinski definition) is 1. The van der Waals surface area contributed by atoms with Crippen LogP contribution >= 0.6 is 22.7 Å². The first kappa shape index (κ1) is 11.6. The van der Waals surface area contributed by atoms with E-state index in [1.54, 1.807) is 28.2 Å². The van der Waals surface area contributed by atoms with Crippen molar-refractivity contribution in [2.75, 3.05) is 11.9 Å². The molecule has 3 aromatic rings. The Morgan fingerprint density at radius 3 is 2.94 bits per heavy atom. The van der Waals surface area contributed by atoms with E-state index in [1.165, 1.54) is 4.88 Å². The van der Waals surface area contributed by atoms with Crippen LogP contribution in [0.5, 0.6) is 0 Å². The monoisotopic (exact) mass is 276 g/mol. The van der Waals surface area contributed by atoms with Gasteiger partial charge in [0.1, 0.15) is 10.6 Å². The third kappa shape index (κ3) is 1.97. The molecule has 0 amide bonds. The number of aryl methyl sites for hydroxylation is 1. The second kappa shape index (κ2) is 4.62. The molecule has 0 radical (unpaired) electrons. The van der Waals surface area contributed by atoms with Crippen molar-refractivity contribution < 1.29 is 0 Å². The molecule has 3 rings (SSSR count). The molecule has 0 aromatic carbocycles. The highest BCUT2D eigenvalue weighted by Crippen LogP contribution is 2.31. The molecule has 0 unspecified atom stereocenters. The Kier molecular flexibility index (Phi) is 2.97. The van der Waals surface area contributed by atoms with Gasteiger partial charge in [-0.25, -0.2) is 9.97 Å². The standard InChI is InChI=1S/C12H12N4S2/c1-3-14-10-8-4-7(2)18-12(8)16-11(15-10)9-5-13-6-17-9/h4-6H,3H2,1-2H3,(H,14,15,16). The van der Waals surface area contributed by atoms with Crippen molar-refractivity contribution in [2.24, 2.45) is 0 Å². The van der Waals surface area contributed by atoms with Gasteiger partial charge in [0.15, 0.2) is 5.82 Å². The molecule has 3 aromatic heterocycles. The molecule has 0 bridgehead atoms. The van der Waals surface area contributed by atoms with E-state index in [2.05, 4.69) is 40.2 Å². The van der Waals surface area contributed by atoms with E-state index in [1.807, 2.05) is 6.20 Å². The number of aromatic nitrogens is 3. The van der Waals surface area contributed by atoms with E-state index >= 15 is 0 Å². The zero-order chi connectivity index (χ0) is 12.5. The van der Waals surface area contributed by atoms with Crippen LogP contribution in [-0.4, -0.2) is 21.5 Å². The molecule has 6 heteroatoms. The molecule has 1 N–H and O–H groups in total. The average Bonchev–Trinajstić information content (AvgIpc) is 2.96. The van der Waals surface area contributed by atoms with Gasteiger partial charge in [-0.1, -0.05) is 0 Å². The zero-order valence-corrected chi connectivity index (χ0v) is 11.7. The van der Waals surface area contributed by atoms with Crippen LogP contribution in [0.4, 0.5) is 5.82 Å². The minimum absolute atomic E-state index is 0.753. The lowest BCUT2D eigenvalue weighted by molar-refractivity contribution is 1.15. The van der Waals surface area contributed by atoms with E-state index in [4.69, 9.17) is 0 Å². The van der Waals surface area contributed by atoms with Crippen LogP contribution in [0.25, 0.3) is 20.9 Å². The minimum atomic E-state index is 0.753. The smallest absolute Gasteiger partial charge is 0.174 e. The maximum Gasteiger partial charge on any atom is 0.174 e. The summed E-state index contributed by atoms with van der Waals surface area (Å²) in [5.41, 5.74) is 1.80. The van der Waals surface area contributed by atoms with Gasteiger partial charge in [-0.15, -0.1) is 22.7 Å². The van der Waals surface area contributed by atoms with Crippen molar-refractivity contribution >= 4 is 38.7 Å². The van der Waals surface area contributed by atoms with Crippen molar-refractivity contribution in [1.29, 1.82) is 0 Å². The first-order valence-electron chi connectivity index (χ1n) is 5.69. The molecule has 0 fully saturated rings. The Balaban J connectivity index is 2.22. The summed E-state index contributed by atoms with van der Waals surface area (Å²) < 4.78 is 0. The fourth-order valence-electron chi connectivity index (χ4n) is 1.78. The summed E-state index contributed by atoms with van der Waals surface area (Å²) in [4.78, 5) is 16.6. The molecule has 0 aliphatic carbocycles. The number of nitrogens with one attached hydrogen (secondary N) is 1. The fraction of sp³-hybridized carbons (Fsp3) is 0.250. The number of anilines is 1. The molecule has 0 aliphatic heterocycles. The number of thiazole rings is 1. The van der Waals surface area contributed by atoms with Crippen LogP contribution in [0.2, 0.25) is 0 Å². The van der Waals surface area contributed by atoms with Crippen LogP contribution in [0, 0.1) is 6.92 Å². The van der Waals surface area contributed by atoms with Crippen LogP contribution in [0.15, 0.2) is 17.8 Å². The molecule has 0 aliphatic rings. The van der Waals surface area contributed by atoms with Crippen LogP contribution in [-0.2, 0) is 0 Å². The van der Waals surface area contributed by atoms with Gasteiger partial charge in [0.2, 0.25) is 0 Å². The molecule has 0 saturated heterocycles. The lowest BCUT2D eigenvalue weighted by Crippen LogP contribution is -2.01. The van der Waals surface area contributed by atoms with Gasteiger partial charge in [0.05, 0.1) is 15.8 Å². The molecule has 0 spiro atoms. The molecule has 0 atom stereocenters. The average molecular weight is 276 g/mol. The zero-order valence-electron chi connectivity index (χ0n) is 10.1. The predicted molar refractivity (Wildman–Crippen MR) is 77.4 cm³/mol. The Hall–Kier alpha value is -1.53. The SMILES string of the molecule is CCNc1nc(-c2cncs2)nc2sc(C)cc12. The van der Waals surface area contributed by atoms with Crippen molar-refractivity contribution in [3.05, 3.63) is 22.7 Å². The van der Waals surface area contributed by atoms with Crippen LogP contribution < -0.4 is 5.32 Å². The van der Waals surface area contributed by atoms with E-state index in [0.29, 0.717) is 0 Å². The highest BCUT2D eigenvalue weighted by atomic mass is 32.1. The van der Waals surface area contributed by atoms with Gasteiger partial charge in [-0.05, 0) is 19.9 Å². The van der Waals surface area contributed by atoms with Crippen LogP contribution in [0.1, 0.15) is 11.8 Å². The topological polar surface area (TPSA) is 50.7 Å². The summed E-state index contributed by atoms with van der Waals surface area (Å²) in [6.07, 6.45) is 1.81. The Labute approximate surface area is 113 Å². The molecule has 92 valence electrons. The molecular weight excluding hydrogens is 264 g/mol. The van der Waals surface area contributed by atoms with E-state index in [9.17, 15) is 0 Å². The summed E-state index contributed by atoms with van der Waals surface area (Å²) in [6, 6.07) is 2.13. The molecular formula is C12H12N4S2. The van der Waals surface area contributed by atoms with Gasteiger partial charge in [0.25, 0.3) is 0 Å². The summed E-state index contributed by atoms with van der Waals surface area (Å²) in [7, 11) is 0. The molecule has 4 nitrogen and oxygen atoms in total. The van der Waals surface area contributed by atoms with Gasteiger partial charge >= 0.3 is 0 Å². The fourth-order valence-corrected chi connectivity index (χ4v) is 3.21. The second-order valence-corrected chi connectivity index (χ2v) is 5.99. The molecule has 3 heterocycles. The summed E-state index contributed by atoms with van der Waals surface area (Å²) in [5, 5.41) is 4.41. The summed E-state index contributed by atoms with van der Waals surface area (Å²) in [5.74, 6) is 1.66. The largest absolute Gasteiger partial charge is 0.370 e. The quantitative estimate of drug-likeness (QED) is 0.794. The van der Waals surface area contributed by atoms with Gasteiger partial charge in [-0.3, -0.25) is 4.98 Å². The lowest BCUT2D eigenvalue weighted by Gasteiger charge is -2.05. The lowest BCUT2D eigenvalue weighted by atomic mass is 10.3. The maximum absolute atomic E-state index is 4.62. The van der Waals surface area contributed by atoms with Gasteiger partial charge in [0, 0.05) is 17.6 Å².